The molecule has 0 aliphatic heterocycles. The van der Waals surface area contributed by atoms with Crippen LogP contribution in [0.2, 0.25) is 0 Å². The lowest BCUT2D eigenvalue weighted by Gasteiger charge is -2.12. The van der Waals surface area contributed by atoms with E-state index in [4.69, 9.17) is 0 Å². The fourth-order valence-corrected chi connectivity index (χ4v) is 7.72. The predicted octanol–water partition coefficient (Wildman–Crippen LogP) is 10.6. The third-order valence-electron chi connectivity index (χ3n) is 7.81. The average molecular weight is 579 g/mol. The predicted molar refractivity (Wildman–Crippen MR) is 183 cm³/mol. The summed E-state index contributed by atoms with van der Waals surface area (Å²) in [6, 6.07) is 43.4. The second-order valence-corrected chi connectivity index (χ2v) is 12.6. The molecule has 0 unspecified atom stereocenters. The third-order valence-corrected chi connectivity index (χ3v) is 10.1. The summed E-state index contributed by atoms with van der Waals surface area (Å²) in [4.78, 5) is 1.08. The van der Waals surface area contributed by atoms with Gasteiger partial charge in [0, 0.05) is 0 Å². The largest absolute Gasteiger partial charge is 0.192 e. The van der Waals surface area contributed by atoms with Crippen molar-refractivity contribution in [2.75, 3.05) is 11.5 Å². The fourth-order valence-electron chi connectivity index (χ4n) is 5.90. The van der Waals surface area contributed by atoms with Crippen LogP contribution in [0.4, 0.5) is 0 Å². The topological polar surface area (TPSA) is 47.6 Å². The number of nitrogens with zero attached hydrogens (tertiary/aromatic N) is 2. The summed E-state index contributed by atoms with van der Waals surface area (Å²) in [6.07, 6.45) is 3.74. The lowest BCUT2D eigenvalue weighted by molar-refractivity contribution is 0.949. The first kappa shape index (κ1) is 27.9. The van der Waals surface area contributed by atoms with Crippen molar-refractivity contribution < 1.29 is 0 Å². The lowest BCUT2D eigenvalue weighted by Crippen LogP contribution is -1.94. The molecule has 0 radical (unpaired) electrons. The van der Waals surface area contributed by atoms with E-state index in [1.54, 1.807) is 0 Å². The Bertz CT molecular complexity index is 1770. The van der Waals surface area contributed by atoms with Crippen LogP contribution in [-0.4, -0.2) is 11.5 Å². The minimum Gasteiger partial charge on any atom is -0.192 e. The van der Waals surface area contributed by atoms with Crippen molar-refractivity contribution >= 4 is 66.6 Å². The fraction of sp³-hybridized carbons (Fsp3) is 0.158. The van der Waals surface area contributed by atoms with Gasteiger partial charge in [0.2, 0.25) is 0 Å². The first-order valence-corrected chi connectivity index (χ1v) is 16.3. The number of rotatable bonds is 10. The minimum atomic E-state index is 0.542. The summed E-state index contributed by atoms with van der Waals surface area (Å²) in [6.45, 7) is 0. The number of thioether (sulfide) groups is 2. The van der Waals surface area contributed by atoms with Crippen LogP contribution in [-0.2, 0) is 12.8 Å². The second kappa shape index (κ2) is 13.2. The standard InChI is InChI=1S/C38H30N2S2/c39-25-37(41-21-9-19-35-31-15-5-1-11-27(31)23-28-12-2-6-16-32(28)35)38(26-40)42-22-10-20-36-33-17-7-3-13-29(33)24-30-14-4-8-18-34(30)36/h1-8,11-18,23-24H,9-10,19-22H2/b38-37+. The first-order chi connectivity index (χ1) is 20.8. The molecular formula is C38H30N2S2. The van der Waals surface area contributed by atoms with Crippen molar-refractivity contribution in [1.29, 1.82) is 10.5 Å². The van der Waals surface area contributed by atoms with E-state index in [0.29, 0.717) is 9.81 Å². The van der Waals surface area contributed by atoms with Crippen LogP contribution in [0.25, 0.3) is 43.1 Å². The molecular weight excluding hydrogens is 549 g/mol. The summed E-state index contributed by atoms with van der Waals surface area (Å²) in [5.41, 5.74) is 2.73. The van der Waals surface area contributed by atoms with Gasteiger partial charge < -0.3 is 0 Å². The Hall–Kier alpha value is -4.22. The zero-order valence-corrected chi connectivity index (χ0v) is 25.0. The van der Waals surface area contributed by atoms with Crippen molar-refractivity contribution in [2.24, 2.45) is 0 Å². The summed E-state index contributed by atoms with van der Waals surface area (Å²) >= 11 is 3.04. The SMILES string of the molecule is N#C/C(SCCCc1c2ccccc2cc2ccccc12)=C(/C#N)SCCCc1c2ccccc2cc2ccccc12. The van der Waals surface area contributed by atoms with Gasteiger partial charge in [0.1, 0.15) is 21.9 Å². The summed E-state index contributed by atoms with van der Waals surface area (Å²) in [5, 5.41) is 30.0. The first-order valence-electron chi connectivity index (χ1n) is 14.4. The van der Waals surface area contributed by atoms with Crippen molar-refractivity contribution in [3.05, 3.63) is 130 Å². The van der Waals surface area contributed by atoms with E-state index in [-0.39, 0.29) is 0 Å². The smallest absolute Gasteiger partial charge is 0.109 e. The molecule has 204 valence electrons. The van der Waals surface area contributed by atoms with Gasteiger partial charge in [-0.05, 0) is 104 Å². The second-order valence-electron chi connectivity index (χ2n) is 10.4. The van der Waals surface area contributed by atoms with Crippen LogP contribution in [0.5, 0.6) is 0 Å². The molecule has 4 heteroatoms. The maximum atomic E-state index is 9.90. The molecule has 0 atom stereocenters. The summed E-state index contributed by atoms with van der Waals surface area (Å²) in [5.74, 6) is 1.60. The zero-order valence-electron chi connectivity index (χ0n) is 23.3. The number of allylic oxidation sites excluding steroid dienone is 2. The molecule has 0 aliphatic carbocycles. The highest BCUT2D eigenvalue weighted by Gasteiger charge is 2.12. The van der Waals surface area contributed by atoms with Gasteiger partial charge in [0.25, 0.3) is 0 Å². The molecule has 2 nitrogen and oxygen atoms in total. The van der Waals surface area contributed by atoms with E-state index < -0.39 is 0 Å². The van der Waals surface area contributed by atoms with E-state index in [2.05, 4.69) is 121 Å². The normalized spacial score (nSPS) is 12.0. The Balaban J connectivity index is 1.10. The molecule has 0 aliphatic rings. The molecule has 0 fully saturated rings. The molecule has 0 saturated carbocycles. The van der Waals surface area contributed by atoms with Gasteiger partial charge >= 0.3 is 0 Å². The van der Waals surface area contributed by atoms with Gasteiger partial charge in [-0.25, -0.2) is 0 Å². The molecule has 0 saturated heterocycles. The Labute approximate surface area is 255 Å². The van der Waals surface area contributed by atoms with Crippen molar-refractivity contribution in [1.82, 2.24) is 0 Å². The molecule has 0 amide bonds. The van der Waals surface area contributed by atoms with Gasteiger partial charge in [-0.1, -0.05) is 97.1 Å². The number of fused-ring (bicyclic) bond motifs is 4. The molecule has 6 rings (SSSR count). The van der Waals surface area contributed by atoms with E-state index in [0.717, 1.165) is 37.2 Å². The highest BCUT2D eigenvalue weighted by atomic mass is 32.2. The van der Waals surface area contributed by atoms with Gasteiger partial charge in [-0.15, -0.1) is 23.5 Å². The van der Waals surface area contributed by atoms with Gasteiger partial charge in [0.15, 0.2) is 0 Å². The maximum absolute atomic E-state index is 9.90. The van der Waals surface area contributed by atoms with Crippen molar-refractivity contribution in [2.45, 2.75) is 25.7 Å². The molecule has 0 spiro atoms. The quantitative estimate of drug-likeness (QED) is 0.0921. The molecule has 6 aromatic rings. The van der Waals surface area contributed by atoms with E-state index in [1.165, 1.54) is 77.7 Å². The number of nitriles is 2. The van der Waals surface area contributed by atoms with Crippen LogP contribution in [0, 0.1) is 22.7 Å². The van der Waals surface area contributed by atoms with Crippen LogP contribution in [0.1, 0.15) is 24.0 Å². The molecule has 42 heavy (non-hydrogen) atoms. The molecule has 0 bridgehead atoms. The minimum absolute atomic E-state index is 0.542. The van der Waals surface area contributed by atoms with Crippen molar-refractivity contribution in [3.8, 4) is 12.1 Å². The van der Waals surface area contributed by atoms with E-state index >= 15 is 0 Å². The average Bonchev–Trinajstić information content (AvgIpc) is 3.04. The number of hydrogen-bond donors (Lipinski definition) is 0. The van der Waals surface area contributed by atoms with Gasteiger partial charge in [-0.3, -0.25) is 0 Å². The van der Waals surface area contributed by atoms with E-state index in [1.807, 2.05) is 0 Å². The maximum Gasteiger partial charge on any atom is 0.109 e. The summed E-state index contributed by atoms with van der Waals surface area (Å²) < 4.78 is 0. The monoisotopic (exact) mass is 578 g/mol. The van der Waals surface area contributed by atoms with Gasteiger partial charge in [-0.2, -0.15) is 10.5 Å². The molecule has 6 aromatic carbocycles. The number of aryl methyl sites for hydroxylation is 2. The van der Waals surface area contributed by atoms with Gasteiger partial charge in [0.05, 0.1) is 0 Å². The van der Waals surface area contributed by atoms with Crippen LogP contribution in [0.3, 0.4) is 0 Å². The number of hydrogen-bond acceptors (Lipinski definition) is 4. The zero-order chi connectivity index (χ0) is 28.7. The Morgan fingerprint density at radius 2 is 0.786 bits per heavy atom. The molecule has 0 N–H and O–H groups in total. The van der Waals surface area contributed by atoms with E-state index in [9.17, 15) is 10.5 Å². The molecule has 0 aromatic heterocycles. The van der Waals surface area contributed by atoms with Crippen LogP contribution >= 0.6 is 23.5 Å². The Morgan fingerprint density at radius 3 is 1.10 bits per heavy atom. The summed E-state index contributed by atoms with van der Waals surface area (Å²) in [7, 11) is 0. The number of benzene rings is 6. The Kier molecular flexibility index (Phi) is 8.76. The van der Waals surface area contributed by atoms with Crippen LogP contribution in [0.15, 0.2) is 119 Å². The van der Waals surface area contributed by atoms with Crippen LogP contribution < -0.4 is 0 Å². The lowest BCUT2D eigenvalue weighted by atomic mass is 9.94. The highest BCUT2D eigenvalue weighted by Crippen LogP contribution is 2.33. The molecule has 0 heterocycles. The highest BCUT2D eigenvalue weighted by molar-refractivity contribution is 8.07. The third kappa shape index (κ3) is 5.88. The van der Waals surface area contributed by atoms with Crippen molar-refractivity contribution in [3.63, 3.8) is 0 Å². The Morgan fingerprint density at radius 1 is 0.476 bits per heavy atom.